The molecule has 1 amide bonds. The van der Waals surface area contributed by atoms with Gasteiger partial charge in [0.2, 0.25) is 5.91 Å². The summed E-state index contributed by atoms with van der Waals surface area (Å²) in [6, 6.07) is 1.92. The molecule has 2 aromatic heterocycles. The zero-order chi connectivity index (χ0) is 14.1. The molecule has 104 valence electrons. The van der Waals surface area contributed by atoms with Crippen LogP contribution in [0.5, 0.6) is 0 Å². The molecule has 0 bridgehead atoms. The van der Waals surface area contributed by atoms with E-state index in [1.165, 1.54) is 6.33 Å². The van der Waals surface area contributed by atoms with E-state index < -0.39 is 0 Å². The highest BCUT2D eigenvalue weighted by molar-refractivity contribution is 5.73. The van der Waals surface area contributed by atoms with E-state index in [4.69, 9.17) is 0 Å². The van der Waals surface area contributed by atoms with E-state index in [1.807, 2.05) is 13.0 Å². The Morgan fingerprint density at radius 2 is 2.30 bits per heavy atom. The summed E-state index contributed by atoms with van der Waals surface area (Å²) in [5.74, 6) is 1.58. The van der Waals surface area contributed by atoms with Gasteiger partial charge in [-0.1, -0.05) is 0 Å². The number of fused-ring (bicyclic) bond motifs is 1. The van der Waals surface area contributed by atoms with Gasteiger partial charge in [-0.05, 0) is 13.3 Å². The molecule has 0 aromatic carbocycles. The average molecular weight is 272 g/mol. The largest absolute Gasteiger partial charge is 0.337 e. The monoisotopic (exact) mass is 272 g/mol. The Balaban J connectivity index is 1.87. The van der Waals surface area contributed by atoms with E-state index in [9.17, 15) is 4.79 Å². The minimum absolute atomic E-state index is 0.0756. The third kappa shape index (κ3) is 2.34. The second kappa shape index (κ2) is 4.92. The maximum absolute atomic E-state index is 11.4. The normalized spacial score (nSPS) is 14.0. The number of nitrogens with zero attached hydrogens (tertiary/aromatic N) is 4. The van der Waals surface area contributed by atoms with Gasteiger partial charge in [0.1, 0.15) is 12.1 Å². The van der Waals surface area contributed by atoms with Gasteiger partial charge >= 0.3 is 0 Å². The lowest BCUT2D eigenvalue weighted by molar-refractivity contribution is -0.129. The molecule has 7 heteroatoms. The number of H-pyrrole nitrogens is 1. The zero-order valence-electron chi connectivity index (χ0n) is 11.5. The number of carbonyl (C=O) groups is 1. The maximum Gasteiger partial charge on any atom is 0.219 e. The Bertz CT molecular complexity index is 650. The van der Waals surface area contributed by atoms with Gasteiger partial charge in [0.25, 0.3) is 0 Å². The molecule has 0 spiro atoms. The molecule has 3 rings (SSSR count). The maximum atomic E-state index is 11.4. The summed E-state index contributed by atoms with van der Waals surface area (Å²) in [6.45, 7) is 4.77. The van der Waals surface area contributed by atoms with Crippen molar-refractivity contribution in [2.45, 2.75) is 26.8 Å². The first kappa shape index (κ1) is 12.6. The minimum Gasteiger partial charge on any atom is -0.337 e. The fraction of sp³-hybridized carbons (Fsp3) is 0.385. The van der Waals surface area contributed by atoms with Gasteiger partial charge in [0.15, 0.2) is 5.82 Å². The topological polar surface area (TPSA) is 86.8 Å². The molecule has 0 atom stereocenters. The summed E-state index contributed by atoms with van der Waals surface area (Å²) in [5.41, 5.74) is 2.94. The van der Waals surface area contributed by atoms with Gasteiger partial charge in [-0.15, -0.1) is 0 Å². The summed E-state index contributed by atoms with van der Waals surface area (Å²) < 4.78 is 0. The van der Waals surface area contributed by atoms with Gasteiger partial charge in [-0.25, -0.2) is 9.97 Å². The van der Waals surface area contributed by atoms with Crippen LogP contribution in [0.25, 0.3) is 0 Å². The van der Waals surface area contributed by atoms with Crippen molar-refractivity contribution in [1.29, 1.82) is 0 Å². The van der Waals surface area contributed by atoms with Gasteiger partial charge in [-0.3, -0.25) is 9.89 Å². The predicted molar refractivity (Wildman–Crippen MR) is 73.4 cm³/mol. The van der Waals surface area contributed by atoms with Crippen molar-refractivity contribution < 1.29 is 4.79 Å². The SMILES string of the molecule is CC(=O)N1CCc2c(ncnc2Nc2cc(C)[nH]n2)C1. The van der Waals surface area contributed by atoms with Crippen LogP contribution in [0, 0.1) is 6.92 Å². The van der Waals surface area contributed by atoms with Gasteiger partial charge in [0, 0.05) is 30.8 Å². The van der Waals surface area contributed by atoms with Crippen LogP contribution >= 0.6 is 0 Å². The van der Waals surface area contributed by atoms with Crippen molar-refractivity contribution in [3.63, 3.8) is 0 Å². The zero-order valence-corrected chi connectivity index (χ0v) is 11.5. The number of aryl methyl sites for hydroxylation is 1. The van der Waals surface area contributed by atoms with Crippen LogP contribution < -0.4 is 5.32 Å². The van der Waals surface area contributed by atoms with Crippen LogP contribution in [0.3, 0.4) is 0 Å². The fourth-order valence-electron chi connectivity index (χ4n) is 2.33. The summed E-state index contributed by atoms with van der Waals surface area (Å²) in [6.07, 6.45) is 2.27. The lowest BCUT2D eigenvalue weighted by Gasteiger charge is -2.27. The first-order chi connectivity index (χ1) is 9.63. The summed E-state index contributed by atoms with van der Waals surface area (Å²) in [5, 5.41) is 10.2. The number of nitrogens with one attached hydrogen (secondary N) is 2. The van der Waals surface area contributed by atoms with E-state index in [-0.39, 0.29) is 5.91 Å². The number of aromatic amines is 1. The second-order valence-corrected chi connectivity index (χ2v) is 4.90. The van der Waals surface area contributed by atoms with Crippen molar-refractivity contribution in [1.82, 2.24) is 25.1 Å². The number of hydrogen-bond acceptors (Lipinski definition) is 5. The van der Waals surface area contributed by atoms with Crippen molar-refractivity contribution in [2.75, 3.05) is 11.9 Å². The molecule has 20 heavy (non-hydrogen) atoms. The molecule has 0 fully saturated rings. The number of amides is 1. The molecule has 0 saturated heterocycles. The molecule has 1 aliphatic rings. The Morgan fingerprint density at radius 3 is 3.00 bits per heavy atom. The highest BCUT2D eigenvalue weighted by atomic mass is 16.2. The molecular formula is C13H16N6O. The Labute approximate surface area is 116 Å². The van der Waals surface area contributed by atoms with Crippen LogP contribution in [0.2, 0.25) is 0 Å². The number of carbonyl (C=O) groups excluding carboxylic acids is 1. The smallest absolute Gasteiger partial charge is 0.219 e. The summed E-state index contributed by atoms with van der Waals surface area (Å²) in [7, 11) is 0. The molecule has 2 aromatic rings. The van der Waals surface area contributed by atoms with Crippen LogP contribution in [0.1, 0.15) is 23.9 Å². The van der Waals surface area contributed by atoms with Crippen LogP contribution in [-0.2, 0) is 17.8 Å². The quantitative estimate of drug-likeness (QED) is 0.856. The number of aromatic nitrogens is 4. The van der Waals surface area contributed by atoms with E-state index in [2.05, 4.69) is 25.5 Å². The standard InChI is InChI=1S/C13H16N6O/c1-8-5-12(18-17-8)16-13-10-3-4-19(9(2)20)6-11(10)14-7-15-13/h5,7H,3-4,6H2,1-2H3,(H2,14,15,16,17,18). The molecule has 3 heterocycles. The summed E-state index contributed by atoms with van der Waals surface area (Å²) in [4.78, 5) is 21.8. The molecule has 7 nitrogen and oxygen atoms in total. The summed E-state index contributed by atoms with van der Waals surface area (Å²) >= 11 is 0. The molecule has 0 radical (unpaired) electrons. The molecule has 0 unspecified atom stereocenters. The van der Waals surface area contributed by atoms with E-state index in [0.717, 1.165) is 35.0 Å². The van der Waals surface area contributed by atoms with Crippen LogP contribution in [0.4, 0.5) is 11.6 Å². The average Bonchev–Trinajstić information content (AvgIpc) is 2.84. The van der Waals surface area contributed by atoms with E-state index in [1.54, 1.807) is 11.8 Å². The van der Waals surface area contributed by atoms with Crippen molar-refractivity contribution in [3.05, 3.63) is 29.3 Å². The number of hydrogen-bond donors (Lipinski definition) is 2. The molecule has 0 saturated carbocycles. The first-order valence-electron chi connectivity index (χ1n) is 6.51. The minimum atomic E-state index is 0.0756. The second-order valence-electron chi connectivity index (χ2n) is 4.90. The fourth-order valence-corrected chi connectivity index (χ4v) is 2.33. The van der Waals surface area contributed by atoms with Crippen molar-refractivity contribution >= 4 is 17.5 Å². The molecular weight excluding hydrogens is 256 g/mol. The molecule has 0 aliphatic carbocycles. The number of anilines is 2. The molecule has 2 N–H and O–H groups in total. The third-order valence-electron chi connectivity index (χ3n) is 3.40. The van der Waals surface area contributed by atoms with Gasteiger partial charge < -0.3 is 10.2 Å². The Kier molecular flexibility index (Phi) is 3.09. The number of rotatable bonds is 2. The Hall–Kier alpha value is -2.44. The van der Waals surface area contributed by atoms with Crippen molar-refractivity contribution in [3.8, 4) is 0 Å². The van der Waals surface area contributed by atoms with Crippen molar-refractivity contribution in [2.24, 2.45) is 0 Å². The third-order valence-corrected chi connectivity index (χ3v) is 3.40. The Morgan fingerprint density at radius 1 is 1.45 bits per heavy atom. The highest BCUT2D eigenvalue weighted by Crippen LogP contribution is 2.24. The van der Waals surface area contributed by atoms with E-state index in [0.29, 0.717) is 13.1 Å². The predicted octanol–water partition coefficient (Wildman–Crippen LogP) is 1.16. The van der Waals surface area contributed by atoms with Crippen LogP contribution in [-0.4, -0.2) is 37.5 Å². The lowest BCUT2D eigenvalue weighted by Crippen LogP contribution is -2.35. The lowest BCUT2D eigenvalue weighted by atomic mass is 10.1. The van der Waals surface area contributed by atoms with Gasteiger partial charge in [0.05, 0.1) is 12.2 Å². The van der Waals surface area contributed by atoms with E-state index >= 15 is 0 Å². The first-order valence-corrected chi connectivity index (χ1v) is 6.51. The van der Waals surface area contributed by atoms with Gasteiger partial charge in [-0.2, -0.15) is 5.10 Å². The highest BCUT2D eigenvalue weighted by Gasteiger charge is 2.22. The van der Waals surface area contributed by atoms with Crippen LogP contribution in [0.15, 0.2) is 12.4 Å². The molecule has 1 aliphatic heterocycles.